The van der Waals surface area contributed by atoms with E-state index in [9.17, 15) is 14.1 Å². The van der Waals surface area contributed by atoms with Crippen LogP contribution in [-0.2, 0) is 34.8 Å². The first kappa shape index (κ1) is 21.4. The monoisotopic (exact) mass is 449 g/mol. The molecule has 0 aliphatic heterocycles. The molecule has 0 fully saturated rings. The number of pyridine rings is 1. The van der Waals surface area contributed by atoms with Crippen LogP contribution < -0.4 is 10.5 Å². The van der Waals surface area contributed by atoms with Gasteiger partial charge < -0.3 is 10.4 Å². The van der Waals surface area contributed by atoms with Crippen LogP contribution in [0.25, 0.3) is 0 Å². The first-order chi connectivity index (χ1) is 14.0. The quantitative estimate of drug-likeness (QED) is 0.659. The van der Waals surface area contributed by atoms with Crippen LogP contribution in [0.3, 0.4) is 0 Å². The number of fused-ring (bicyclic) bond motifs is 2. The number of nitrogens with two attached hydrogens (primary N) is 1. The predicted molar refractivity (Wildman–Crippen MR) is 117 cm³/mol. The number of carbonyl (C=O) groups excluding carboxylic acids is 1. The molecule has 2 heterocycles. The first-order valence-electron chi connectivity index (χ1n) is 10.1. The third-order valence-electron chi connectivity index (χ3n) is 5.71. The molecule has 0 saturated heterocycles. The van der Waals surface area contributed by atoms with Gasteiger partial charge in [-0.15, -0.1) is 15.7 Å². The Kier molecular flexibility index (Phi) is 5.24. The number of anilines is 1. The predicted octanol–water partition coefficient (Wildman–Crippen LogP) is 3.55. The van der Waals surface area contributed by atoms with Gasteiger partial charge in [-0.05, 0) is 69.9 Å². The largest absolute Gasteiger partial charge is 0.384 e. The van der Waals surface area contributed by atoms with Gasteiger partial charge in [-0.25, -0.2) is 19.1 Å². The molecule has 2 aliphatic rings. The Bertz CT molecular complexity index is 1160. The number of nitrogens with zero attached hydrogens (tertiary/aromatic N) is 3. The maximum absolute atomic E-state index is 13.0. The summed E-state index contributed by atoms with van der Waals surface area (Å²) in [5.41, 5.74) is 4.16. The van der Waals surface area contributed by atoms with Crippen molar-refractivity contribution in [1.82, 2.24) is 9.97 Å². The topological polar surface area (TPSA) is 131 Å². The second-order valence-electron chi connectivity index (χ2n) is 8.60. The highest BCUT2D eigenvalue weighted by molar-refractivity contribution is 7.93. The van der Waals surface area contributed by atoms with E-state index in [4.69, 9.17) is 10.1 Å². The minimum Gasteiger partial charge on any atom is -0.384 e. The van der Waals surface area contributed by atoms with Crippen LogP contribution in [0.1, 0.15) is 72.6 Å². The number of aryl methyl sites for hydroxylation is 2. The number of hydrogen-bond donors (Lipinski definition) is 3. The Morgan fingerprint density at radius 1 is 1.30 bits per heavy atom. The molecule has 0 saturated carbocycles. The molecular weight excluding hydrogens is 422 g/mol. The number of nitrogens with one attached hydrogen (secondary N) is 1. The summed E-state index contributed by atoms with van der Waals surface area (Å²) in [4.78, 5) is 22.5. The smallest absolute Gasteiger partial charge is 0.354 e. The minimum atomic E-state index is -3.54. The zero-order chi connectivity index (χ0) is 21.8. The van der Waals surface area contributed by atoms with Crippen LogP contribution in [0, 0.1) is 6.92 Å². The van der Waals surface area contributed by atoms with Crippen LogP contribution in [0.5, 0.6) is 0 Å². The summed E-state index contributed by atoms with van der Waals surface area (Å²) in [5, 5.41) is 19.0. The van der Waals surface area contributed by atoms with Crippen molar-refractivity contribution in [3.63, 3.8) is 0 Å². The van der Waals surface area contributed by atoms with E-state index < -0.39 is 21.5 Å². The Morgan fingerprint density at radius 2 is 2.03 bits per heavy atom. The molecule has 2 aromatic heterocycles. The molecule has 0 radical (unpaired) electrons. The first-order valence-corrected chi connectivity index (χ1v) is 12.5. The SMILES string of the molecule is Cc1sc([S@@](N)(=O)=NC(=O)Nc2c3c(nc4c2CCC4C)CCC3)nc1C(C)(C)O. The average molecular weight is 450 g/mol. The maximum atomic E-state index is 13.0. The van der Waals surface area contributed by atoms with Crippen molar-refractivity contribution in [2.24, 2.45) is 9.50 Å². The van der Waals surface area contributed by atoms with E-state index in [-0.39, 0.29) is 4.34 Å². The molecule has 4 N–H and O–H groups in total. The minimum absolute atomic E-state index is 0.0334. The number of thiazole rings is 1. The fourth-order valence-corrected chi connectivity index (χ4v) is 6.66. The summed E-state index contributed by atoms with van der Waals surface area (Å²) >= 11 is 1.08. The van der Waals surface area contributed by atoms with Crippen molar-refractivity contribution >= 4 is 33.0 Å². The molecule has 30 heavy (non-hydrogen) atoms. The van der Waals surface area contributed by atoms with Crippen molar-refractivity contribution < 1.29 is 14.1 Å². The molecule has 2 aliphatic carbocycles. The van der Waals surface area contributed by atoms with Gasteiger partial charge >= 0.3 is 6.03 Å². The molecular formula is C20H27N5O3S2. The molecule has 0 aromatic carbocycles. The van der Waals surface area contributed by atoms with E-state index in [1.165, 1.54) is 0 Å². The van der Waals surface area contributed by atoms with Crippen LogP contribution in [-0.4, -0.2) is 25.3 Å². The Labute approximate surface area is 180 Å². The van der Waals surface area contributed by atoms with Gasteiger partial charge in [0.25, 0.3) is 0 Å². The standard InChI is InChI=1S/C20H27N5O3S2/c1-10-8-9-13-15(10)22-14-7-5-6-12(14)16(13)23-18(26)25-30(21,28)19-24-17(11(2)29-19)20(3,4)27/h10,27H,5-9H2,1-4H3,(H3,21,22,23,25,26,28)/t10?,30-/m0/s1. The number of aromatic nitrogens is 2. The third-order valence-corrected chi connectivity index (χ3v) is 8.47. The normalized spacial score (nSPS) is 19.9. The fraction of sp³-hybridized carbons (Fsp3) is 0.550. The van der Waals surface area contributed by atoms with Gasteiger partial charge in [0.05, 0.1) is 11.4 Å². The lowest BCUT2D eigenvalue weighted by molar-refractivity contribution is 0.0734. The van der Waals surface area contributed by atoms with E-state index in [0.29, 0.717) is 16.5 Å². The molecule has 4 rings (SSSR count). The van der Waals surface area contributed by atoms with Gasteiger partial charge in [-0.3, -0.25) is 4.98 Å². The highest BCUT2D eigenvalue weighted by atomic mass is 32.2. The van der Waals surface area contributed by atoms with E-state index >= 15 is 0 Å². The van der Waals surface area contributed by atoms with E-state index in [2.05, 4.69) is 21.6 Å². The van der Waals surface area contributed by atoms with Crippen LogP contribution in [0.15, 0.2) is 8.70 Å². The molecule has 0 bridgehead atoms. The summed E-state index contributed by atoms with van der Waals surface area (Å²) in [6.45, 7) is 7.09. The van der Waals surface area contributed by atoms with Crippen molar-refractivity contribution in [2.45, 2.75) is 75.7 Å². The summed E-state index contributed by atoms with van der Waals surface area (Å²) in [7, 11) is -3.54. The van der Waals surface area contributed by atoms with Gasteiger partial charge in [-0.2, -0.15) is 0 Å². The molecule has 1 unspecified atom stereocenters. The van der Waals surface area contributed by atoms with Crippen molar-refractivity contribution in [3.05, 3.63) is 33.1 Å². The number of hydrogen-bond acceptors (Lipinski definition) is 6. The molecule has 2 amide bonds. The summed E-state index contributed by atoms with van der Waals surface area (Å²) < 4.78 is 16.8. The van der Waals surface area contributed by atoms with Crippen molar-refractivity contribution in [1.29, 1.82) is 0 Å². The number of urea groups is 1. The molecule has 2 aromatic rings. The number of carbonyl (C=O) groups is 1. The number of rotatable bonds is 3. The number of aliphatic hydroxyl groups is 1. The average Bonchev–Trinajstić information content (AvgIpc) is 3.33. The van der Waals surface area contributed by atoms with Gasteiger partial charge in [0.1, 0.15) is 5.60 Å². The Morgan fingerprint density at radius 3 is 2.70 bits per heavy atom. The lowest BCUT2D eigenvalue weighted by Gasteiger charge is -2.15. The second kappa shape index (κ2) is 7.37. The molecule has 2 atom stereocenters. The second-order valence-corrected chi connectivity index (χ2v) is 11.8. The van der Waals surface area contributed by atoms with Crippen LogP contribution in [0.2, 0.25) is 0 Å². The Balaban J connectivity index is 1.68. The van der Waals surface area contributed by atoms with Gasteiger partial charge in [0.15, 0.2) is 9.92 Å². The summed E-state index contributed by atoms with van der Waals surface area (Å²) in [6, 6.07) is -0.748. The summed E-state index contributed by atoms with van der Waals surface area (Å²) in [6.07, 6.45) is 4.62. The highest BCUT2D eigenvalue weighted by Gasteiger charge is 2.30. The van der Waals surface area contributed by atoms with Gasteiger partial charge in [0.2, 0.25) is 4.34 Å². The van der Waals surface area contributed by atoms with Crippen molar-refractivity contribution in [3.8, 4) is 0 Å². The van der Waals surface area contributed by atoms with E-state index in [0.717, 1.165) is 71.6 Å². The van der Waals surface area contributed by atoms with Crippen molar-refractivity contribution in [2.75, 3.05) is 5.32 Å². The lowest BCUT2D eigenvalue weighted by atomic mass is 10.0. The maximum Gasteiger partial charge on any atom is 0.354 e. The van der Waals surface area contributed by atoms with Crippen LogP contribution >= 0.6 is 11.3 Å². The highest BCUT2D eigenvalue weighted by Crippen LogP contribution is 2.41. The van der Waals surface area contributed by atoms with Gasteiger partial charge in [-0.1, -0.05) is 6.92 Å². The molecule has 10 heteroatoms. The molecule has 8 nitrogen and oxygen atoms in total. The van der Waals surface area contributed by atoms with E-state index in [1.54, 1.807) is 20.8 Å². The van der Waals surface area contributed by atoms with E-state index in [1.807, 2.05) is 0 Å². The summed E-state index contributed by atoms with van der Waals surface area (Å²) in [5.74, 6) is 0.357. The molecule has 0 spiro atoms. The Hall–Kier alpha value is -1.88. The lowest BCUT2D eigenvalue weighted by Crippen LogP contribution is -2.20. The zero-order valence-corrected chi connectivity index (χ0v) is 19.2. The van der Waals surface area contributed by atoms with Gasteiger partial charge in [0, 0.05) is 16.3 Å². The number of amides is 2. The van der Waals surface area contributed by atoms with Crippen LogP contribution in [0.4, 0.5) is 10.5 Å². The zero-order valence-electron chi connectivity index (χ0n) is 17.6. The fourth-order valence-electron chi connectivity index (χ4n) is 4.31. The molecule has 162 valence electrons. The third kappa shape index (κ3) is 3.77.